The summed E-state index contributed by atoms with van der Waals surface area (Å²) in [5, 5.41) is 2.42. The van der Waals surface area contributed by atoms with Gasteiger partial charge in [-0.1, -0.05) is 17.8 Å². The van der Waals surface area contributed by atoms with Crippen LogP contribution in [-0.2, 0) is 0 Å². The third-order valence-electron chi connectivity index (χ3n) is 4.70. The van der Waals surface area contributed by atoms with Crippen molar-refractivity contribution in [3.63, 3.8) is 0 Å². The van der Waals surface area contributed by atoms with E-state index in [1.54, 1.807) is 11.8 Å². The minimum absolute atomic E-state index is 0.676. The summed E-state index contributed by atoms with van der Waals surface area (Å²) in [7, 11) is 2.22. The number of benzene rings is 1. The number of piperidine rings is 1. The van der Waals surface area contributed by atoms with E-state index in [0.29, 0.717) is 5.92 Å². The second-order valence-corrected chi connectivity index (χ2v) is 7.39. The molecule has 1 fully saturated rings. The molecule has 0 unspecified atom stereocenters. The van der Waals surface area contributed by atoms with Crippen LogP contribution in [0.4, 0.5) is 0 Å². The summed E-state index contributed by atoms with van der Waals surface area (Å²) in [6, 6.07) is 12.7. The zero-order valence-electron chi connectivity index (χ0n) is 13.3. The van der Waals surface area contributed by atoms with E-state index >= 15 is 0 Å². The summed E-state index contributed by atoms with van der Waals surface area (Å²) in [6.07, 6.45) is 6.57. The van der Waals surface area contributed by atoms with Gasteiger partial charge < -0.3 is 9.88 Å². The molecule has 2 aromatic heterocycles. The first-order valence-electron chi connectivity index (χ1n) is 8.18. The second-order valence-electron chi connectivity index (χ2n) is 6.30. The summed E-state index contributed by atoms with van der Waals surface area (Å²) in [5.74, 6) is 0.676. The van der Waals surface area contributed by atoms with E-state index in [2.05, 4.69) is 52.4 Å². The van der Waals surface area contributed by atoms with Crippen LogP contribution < -0.4 is 0 Å². The van der Waals surface area contributed by atoms with E-state index in [0.717, 1.165) is 5.03 Å². The lowest BCUT2D eigenvalue weighted by Crippen LogP contribution is -2.29. The van der Waals surface area contributed by atoms with Crippen LogP contribution in [0.2, 0.25) is 0 Å². The molecule has 0 radical (unpaired) electrons. The molecule has 1 saturated heterocycles. The highest BCUT2D eigenvalue weighted by Crippen LogP contribution is 2.35. The van der Waals surface area contributed by atoms with Crippen LogP contribution in [0.1, 0.15) is 24.3 Å². The molecule has 0 atom stereocenters. The Bertz CT molecular complexity index is 789. The zero-order valence-corrected chi connectivity index (χ0v) is 14.1. The molecule has 1 aliphatic heterocycles. The van der Waals surface area contributed by atoms with Gasteiger partial charge in [0.15, 0.2) is 0 Å². The van der Waals surface area contributed by atoms with E-state index in [1.165, 1.54) is 47.3 Å². The number of H-pyrrole nitrogens is 1. The zero-order chi connectivity index (χ0) is 15.6. The molecular weight excluding hydrogens is 302 g/mol. The number of likely N-dealkylation sites (tertiary alicyclic amines) is 1. The quantitative estimate of drug-likeness (QED) is 0.769. The Kier molecular flexibility index (Phi) is 4.10. The smallest absolute Gasteiger partial charge is 0.101 e. The summed E-state index contributed by atoms with van der Waals surface area (Å²) < 4.78 is 0. The topological polar surface area (TPSA) is 31.9 Å². The van der Waals surface area contributed by atoms with Gasteiger partial charge in [-0.2, -0.15) is 0 Å². The molecule has 3 nitrogen and oxygen atoms in total. The van der Waals surface area contributed by atoms with Gasteiger partial charge in [-0.3, -0.25) is 0 Å². The van der Waals surface area contributed by atoms with Crippen molar-refractivity contribution in [1.82, 2.24) is 14.9 Å². The van der Waals surface area contributed by atoms with Gasteiger partial charge in [0.05, 0.1) is 0 Å². The number of fused-ring (bicyclic) bond motifs is 1. The number of hydrogen-bond donors (Lipinski definition) is 1. The molecule has 3 heterocycles. The first kappa shape index (κ1) is 14.8. The fraction of sp³-hybridized carbons (Fsp3) is 0.316. The van der Waals surface area contributed by atoms with Crippen LogP contribution in [0.5, 0.6) is 0 Å². The molecule has 23 heavy (non-hydrogen) atoms. The van der Waals surface area contributed by atoms with E-state index in [1.807, 2.05) is 18.3 Å². The predicted molar refractivity (Wildman–Crippen MR) is 96.1 cm³/mol. The molecule has 0 aliphatic carbocycles. The van der Waals surface area contributed by atoms with Gasteiger partial charge in [-0.25, -0.2) is 4.98 Å². The largest absolute Gasteiger partial charge is 0.361 e. The average molecular weight is 323 g/mol. The van der Waals surface area contributed by atoms with Crippen LogP contribution in [-0.4, -0.2) is 35.0 Å². The SMILES string of the molecule is CN1CCC(c2c[nH]c3ccc(Sc4ccccn4)cc23)CC1. The van der Waals surface area contributed by atoms with Crippen LogP contribution in [0.15, 0.2) is 58.7 Å². The van der Waals surface area contributed by atoms with E-state index < -0.39 is 0 Å². The van der Waals surface area contributed by atoms with Crippen molar-refractivity contribution in [3.8, 4) is 0 Å². The Hall–Kier alpha value is -1.78. The Labute approximate surface area is 141 Å². The first-order chi connectivity index (χ1) is 11.3. The molecule has 4 rings (SSSR count). The second kappa shape index (κ2) is 6.38. The van der Waals surface area contributed by atoms with E-state index in [-0.39, 0.29) is 0 Å². The number of rotatable bonds is 3. The molecule has 0 amide bonds. The van der Waals surface area contributed by atoms with Crippen molar-refractivity contribution >= 4 is 22.7 Å². The number of aromatic amines is 1. The Morgan fingerprint density at radius 1 is 1.17 bits per heavy atom. The lowest BCUT2D eigenvalue weighted by Gasteiger charge is -2.28. The molecule has 3 aromatic rings. The lowest BCUT2D eigenvalue weighted by atomic mass is 9.89. The number of aromatic nitrogens is 2. The van der Waals surface area contributed by atoms with E-state index in [9.17, 15) is 0 Å². The summed E-state index contributed by atoms with van der Waals surface area (Å²) in [5.41, 5.74) is 2.72. The van der Waals surface area contributed by atoms with E-state index in [4.69, 9.17) is 0 Å². The molecule has 118 valence electrons. The molecule has 4 heteroatoms. The third-order valence-corrected chi connectivity index (χ3v) is 5.64. The predicted octanol–water partition coefficient (Wildman–Crippen LogP) is 4.52. The van der Waals surface area contributed by atoms with Crippen molar-refractivity contribution in [1.29, 1.82) is 0 Å². The number of nitrogens with one attached hydrogen (secondary N) is 1. The average Bonchev–Trinajstić information content (AvgIpc) is 3.00. The van der Waals surface area contributed by atoms with Crippen molar-refractivity contribution in [2.45, 2.75) is 28.7 Å². The van der Waals surface area contributed by atoms with Crippen molar-refractivity contribution in [2.24, 2.45) is 0 Å². The number of hydrogen-bond acceptors (Lipinski definition) is 3. The Morgan fingerprint density at radius 3 is 2.83 bits per heavy atom. The highest BCUT2D eigenvalue weighted by molar-refractivity contribution is 7.99. The maximum Gasteiger partial charge on any atom is 0.101 e. The minimum atomic E-state index is 0.676. The summed E-state index contributed by atoms with van der Waals surface area (Å²) in [6.45, 7) is 2.39. The molecular formula is C19H21N3S. The first-order valence-corrected chi connectivity index (χ1v) is 9.00. The lowest BCUT2D eigenvalue weighted by molar-refractivity contribution is 0.256. The van der Waals surface area contributed by atoms with Gasteiger partial charge in [-0.05, 0) is 74.8 Å². The maximum atomic E-state index is 4.41. The molecule has 0 bridgehead atoms. The number of pyridine rings is 1. The molecule has 1 aliphatic rings. The van der Waals surface area contributed by atoms with Crippen molar-refractivity contribution in [2.75, 3.05) is 20.1 Å². The van der Waals surface area contributed by atoms with Crippen LogP contribution in [0.3, 0.4) is 0 Å². The van der Waals surface area contributed by atoms with Gasteiger partial charge in [0, 0.05) is 28.2 Å². The van der Waals surface area contributed by atoms with Gasteiger partial charge >= 0.3 is 0 Å². The van der Waals surface area contributed by atoms with Gasteiger partial charge in [0.2, 0.25) is 0 Å². The van der Waals surface area contributed by atoms with Crippen LogP contribution >= 0.6 is 11.8 Å². The highest BCUT2D eigenvalue weighted by Gasteiger charge is 2.21. The van der Waals surface area contributed by atoms with Gasteiger partial charge in [0.1, 0.15) is 5.03 Å². The van der Waals surface area contributed by atoms with Crippen molar-refractivity contribution in [3.05, 3.63) is 54.4 Å². The monoisotopic (exact) mass is 323 g/mol. The standard InChI is InChI=1S/C19H21N3S/c1-22-10-7-14(8-11-22)17-13-21-18-6-5-15(12-16(17)18)23-19-4-2-3-9-20-19/h2-6,9,12-14,21H,7-8,10-11H2,1H3. The molecule has 0 saturated carbocycles. The maximum absolute atomic E-state index is 4.41. The summed E-state index contributed by atoms with van der Waals surface area (Å²) in [4.78, 5) is 11.5. The van der Waals surface area contributed by atoms with Crippen molar-refractivity contribution < 1.29 is 0 Å². The third kappa shape index (κ3) is 3.14. The van der Waals surface area contributed by atoms with Crippen LogP contribution in [0, 0.1) is 0 Å². The Morgan fingerprint density at radius 2 is 2.04 bits per heavy atom. The molecule has 1 N–H and O–H groups in total. The Balaban J connectivity index is 1.63. The fourth-order valence-electron chi connectivity index (χ4n) is 3.37. The molecule has 1 aromatic carbocycles. The normalized spacial score (nSPS) is 16.9. The molecule has 0 spiro atoms. The number of nitrogens with zero attached hydrogens (tertiary/aromatic N) is 2. The highest BCUT2D eigenvalue weighted by atomic mass is 32.2. The van der Waals surface area contributed by atoms with Crippen LogP contribution in [0.25, 0.3) is 10.9 Å². The fourth-order valence-corrected chi connectivity index (χ4v) is 4.18. The summed E-state index contributed by atoms with van der Waals surface area (Å²) >= 11 is 1.73. The minimum Gasteiger partial charge on any atom is -0.361 e. The van der Waals surface area contributed by atoms with Gasteiger partial charge in [-0.15, -0.1) is 0 Å². The van der Waals surface area contributed by atoms with Gasteiger partial charge in [0.25, 0.3) is 0 Å².